The van der Waals surface area contributed by atoms with Gasteiger partial charge in [-0.1, -0.05) is 17.3 Å². The number of methoxy groups -OCH3 is 2. The van der Waals surface area contributed by atoms with Crippen LogP contribution >= 0.6 is 0 Å². The first-order valence-electron chi connectivity index (χ1n) is 8.23. The lowest BCUT2D eigenvalue weighted by Gasteiger charge is -2.11. The van der Waals surface area contributed by atoms with Crippen molar-refractivity contribution in [2.24, 2.45) is 4.36 Å². The second kappa shape index (κ2) is 7.81. The van der Waals surface area contributed by atoms with E-state index in [2.05, 4.69) is 14.5 Å². The number of rotatable bonds is 5. The molecule has 1 atom stereocenters. The van der Waals surface area contributed by atoms with Crippen LogP contribution in [0.2, 0.25) is 0 Å². The lowest BCUT2D eigenvalue weighted by Crippen LogP contribution is -2.06. The number of carbonyl (C=O) groups excluding carboxylic acids is 1. The van der Waals surface area contributed by atoms with Crippen molar-refractivity contribution in [3.05, 3.63) is 53.9 Å². The van der Waals surface area contributed by atoms with Gasteiger partial charge in [0.2, 0.25) is 11.7 Å². The van der Waals surface area contributed by atoms with Crippen molar-refractivity contribution < 1.29 is 23.0 Å². The molecule has 0 aliphatic heterocycles. The van der Waals surface area contributed by atoms with Gasteiger partial charge in [0.1, 0.15) is 11.5 Å². The predicted octanol–water partition coefficient (Wildman–Crippen LogP) is 3.36. The number of aromatic nitrogens is 2. The zero-order valence-electron chi connectivity index (χ0n) is 15.8. The third kappa shape index (κ3) is 4.04. The zero-order chi connectivity index (χ0) is 20.3. The molecule has 9 heteroatoms. The number of amides is 1. The molecule has 0 aliphatic rings. The molecule has 0 bridgehead atoms. The highest BCUT2D eigenvalue weighted by atomic mass is 32.2. The molecule has 3 rings (SSSR count). The van der Waals surface area contributed by atoms with Crippen molar-refractivity contribution in [1.82, 2.24) is 10.1 Å². The van der Waals surface area contributed by atoms with Crippen LogP contribution in [-0.2, 0) is 9.73 Å². The van der Waals surface area contributed by atoms with Gasteiger partial charge in [0.05, 0.1) is 28.8 Å². The van der Waals surface area contributed by atoms with Crippen LogP contribution in [0.3, 0.4) is 0 Å². The fourth-order valence-corrected chi connectivity index (χ4v) is 3.88. The van der Waals surface area contributed by atoms with Gasteiger partial charge in [-0.15, -0.1) is 0 Å². The molecule has 2 aromatic carbocycles. The minimum atomic E-state index is -3.03. The second-order valence-electron chi connectivity index (χ2n) is 5.93. The summed E-state index contributed by atoms with van der Waals surface area (Å²) in [5, 5.41) is 3.83. The summed E-state index contributed by atoms with van der Waals surface area (Å²) in [5.41, 5.74) is 0.994. The molecule has 28 heavy (non-hydrogen) atoms. The Balaban J connectivity index is 1.92. The first-order chi connectivity index (χ1) is 13.3. The van der Waals surface area contributed by atoms with Gasteiger partial charge < -0.3 is 14.0 Å². The monoisotopic (exact) mass is 401 g/mol. The van der Waals surface area contributed by atoms with E-state index in [4.69, 9.17) is 14.0 Å². The molecule has 146 valence electrons. The Morgan fingerprint density at radius 2 is 1.82 bits per heavy atom. The van der Waals surface area contributed by atoms with Crippen molar-refractivity contribution in [3.63, 3.8) is 0 Å². The van der Waals surface area contributed by atoms with E-state index in [1.807, 2.05) is 0 Å². The van der Waals surface area contributed by atoms with Crippen LogP contribution in [0.5, 0.6) is 11.5 Å². The number of aryl methyl sites for hydroxylation is 1. The summed E-state index contributed by atoms with van der Waals surface area (Å²) in [6, 6.07) is 11.3. The lowest BCUT2D eigenvalue weighted by molar-refractivity contribution is 0.100. The fraction of sp³-hybridized carbons (Fsp3) is 0.211. The molecule has 0 fully saturated rings. The summed E-state index contributed by atoms with van der Waals surface area (Å²) in [7, 11) is -0.0578. The van der Waals surface area contributed by atoms with Crippen LogP contribution < -0.4 is 9.47 Å². The molecule has 0 aliphatic carbocycles. The molecule has 3 aromatic rings. The number of benzene rings is 2. The first kappa shape index (κ1) is 19.6. The maximum Gasteiger partial charge on any atom is 0.285 e. The van der Waals surface area contributed by atoms with E-state index in [0.717, 1.165) is 0 Å². The summed E-state index contributed by atoms with van der Waals surface area (Å²) < 4.78 is 32.4. The Morgan fingerprint density at radius 1 is 1.11 bits per heavy atom. The Labute approximate surface area is 162 Å². The molecule has 0 saturated heterocycles. The quantitative estimate of drug-likeness (QED) is 0.645. The minimum absolute atomic E-state index is 0.297. The molecule has 1 aromatic heterocycles. The van der Waals surface area contributed by atoms with Gasteiger partial charge in [-0.2, -0.15) is 9.35 Å². The third-order valence-corrected chi connectivity index (χ3v) is 5.62. The summed E-state index contributed by atoms with van der Waals surface area (Å²) in [6.07, 6.45) is 1.39. The summed E-state index contributed by atoms with van der Waals surface area (Å²) in [5.74, 6) is 1.17. The predicted molar refractivity (Wildman–Crippen MR) is 103 cm³/mol. The van der Waals surface area contributed by atoms with Gasteiger partial charge in [-0.05, 0) is 24.3 Å². The van der Waals surface area contributed by atoms with Gasteiger partial charge >= 0.3 is 0 Å². The van der Waals surface area contributed by atoms with Crippen LogP contribution in [0, 0.1) is 6.92 Å². The van der Waals surface area contributed by atoms with Crippen molar-refractivity contribution in [2.45, 2.75) is 11.8 Å². The van der Waals surface area contributed by atoms with E-state index in [0.29, 0.717) is 39.2 Å². The van der Waals surface area contributed by atoms with Crippen LogP contribution in [-0.4, -0.2) is 40.7 Å². The van der Waals surface area contributed by atoms with Crippen molar-refractivity contribution in [3.8, 4) is 22.9 Å². The third-order valence-electron chi connectivity index (χ3n) is 3.95. The standard InChI is InChI=1S/C19H19N3O5S/c1-12-20-18(21-27-12)13-5-7-14(8-6-13)19(23)22-28(4,24)17-10-9-15(25-2)11-16(17)26-3/h5-11H,1-4H3. The zero-order valence-corrected chi connectivity index (χ0v) is 16.6. The average molecular weight is 401 g/mol. The Morgan fingerprint density at radius 3 is 2.39 bits per heavy atom. The number of hydrogen-bond acceptors (Lipinski definition) is 7. The molecule has 0 N–H and O–H groups in total. The molecule has 1 unspecified atom stereocenters. The van der Waals surface area contributed by atoms with Gasteiger partial charge in [0.15, 0.2) is 0 Å². The van der Waals surface area contributed by atoms with E-state index in [1.165, 1.54) is 20.5 Å². The molecular weight excluding hydrogens is 382 g/mol. The van der Waals surface area contributed by atoms with E-state index in [-0.39, 0.29) is 0 Å². The molecule has 1 heterocycles. The highest BCUT2D eigenvalue weighted by Crippen LogP contribution is 2.29. The number of carbonyl (C=O) groups is 1. The molecule has 0 radical (unpaired) electrons. The van der Waals surface area contributed by atoms with Crippen LogP contribution in [0.4, 0.5) is 0 Å². The van der Waals surface area contributed by atoms with Gasteiger partial charge in [-0.3, -0.25) is 4.79 Å². The molecular formula is C19H19N3O5S. The largest absolute Gasteiger partial charge is 0.497 e. The summed E-state index contributed by atoms with van der Waals surface area (Å²) >= 11 is 0. The van der Waals surface area contributed by atoms with Crippen LogP contribution in [0.15, 0.2) is 56.2 Å². The molecule has 8 nitrogen and oxygen atoms in total. The maximum atomic E-state index is 13.1. The minimum Gasteiger partial charge on any atom is -0.497 e. The maximum absolute atomic E-state index is 13.1. The fourth-order valence-electron chi connectivity index (χ4n) is 2.53. The second-order valence-corrected chi connectivity index (χ2v) is 8.16. The number of hydrogen-bond donors (Lipinski definition) is 0. The van der Waals surface area contributed by atoms with Crippen molar-refractivity contribution >= 4 is 15.6 Å². The molecule has 0 saturated carbocycles. The van der Waals surface area contributed by atoms with Gasteiger partial charge in [0, 0.05) is 30.4 Å². The summed E-state index contributed by atoms with van der Waals surface area (Å²) in [6.45, 7) is 1.69. The van der Waals surface area contributed by atoms with Crippen molar-refractivity contribution in [1.29, 1.82) is 0 Å². The highest BCUT2D eigenvalue weighted by molar-refractivity contribution is 7.93. The van der Waals surface area contributed by atoms with Crippen LogP contribution in [0.25, 0.3) is 11.4 Å². The van der Waals surface area contributed by atoms with E-state index in [1.54, 1.807) is 49.4 Å². The Bertz CT molecular complexity index is 1130. The molecule has 0 spiro atoms. The van der Waals surface area contributed by atoms with E-state index in [9.17, 15) is 9.00 Å². The first-order valence-corrected chi connectivity index (χ1v) is 10.2. The number of ether oxygens (including phenoxy) is 2. The van der Waals surface area contributed by atoms with E-state index < -0.39 is 15.6 Å². The van der Waals surface area contributed by atoms with Crippen molar-refractivity contribution in [2.75, 3.05) is 20.5 Å². The smallest absolute Gasteiger partial charge is 0.285 e. The molecule has 1 amide bonds. The highest BCUT2D eigenvalue weighted by Gasteiger charge is 2.17. The van der Waals surface area contributed by atoms with Gasteiger partial charge in [-0.25, -0.2) is 4.21 Å². The Kier molecular flexibility index (Phi) is 5.46. The summed E-state index contributed by atoms with van der Waals surface area (Å²) in [4.78, 5) is 17.0. The average Bonchev–Trinajstić information content (AvgIpc) is 3.13. The normalized spacial score (nSPS) is 12.9. The topological polar surface area (TPSA) is 104 Å². The number of nitrogens with zero attached hydrogens (tertiary/aromatic N) is 3. The Hall–Kier alpha value is -3.20. The SMILES string of the molecule is COc1ccc(S(C)(=O)=NC(=O)c2ccc(-c3noc(C)n3)cc2)c(OC)c1. The van der Waals surface area contributed by atoms with Crippen LogP contribution in [0.1, 0.15) is 16.2 Å². The van der Waals surface area contributed by atoms with Gasteiger partial charge in [0.25, 0.3) is 5.91 Å². The lowest BCUT2D eigenvalue weighted by atomic mass is 10.1. The van der Waals surface area contributed by atoms with E-state index >= 15 is 0 Å².